The Morgan fingerprint density at radius 3 is 2.41 bits per heavy atom. The van der Waals surface area contributed by atoms with Crippen LogP contribution in [0.2, 0.25) is 0 Å². The van der Waals surface area contributed by atoms with Gasteiger partial charge in [0, 0.05) is 32.7 Å². The van der Waals surface area contributed by atoms with Crippen molar-refractivity contribution in [1.82, 2.24) is 9.80 Å². The Balaban J connectivity index is 1.46. The highest BCUT2D eigenvalue weighted by molar-refractivity contribution is 5.84. The van der Waals surface area contributed by atoms with Crippen molar-refractivity contribution in [2.75, 3.05) is 39.3 Å². The molecule has 22 heavy (non-hydrogen) atoms. The van der Waals surface area contributed by atoms with Crippen molar-refractivity contribution < 1.29 is 9.53 Å². The summed E-state index contributed by atoms with van der Waals surface area (Å²) in [5, 5.41) is 0. The maximum Gasteiger partial charge on any atom is 0.326 e. The number of carbonyl (C=O) groups excluding carboxylic acids is 1. The molecule has 0 aromatic heterocycles. The van der Waals surface area contributed by atoms with Crippen molar-refractivity contribution in [3.8, 4) is 0 Å². The molecule has 0 radical (unpaired) electrons. The van der Waals surface area contributed by atoms with Crippen molar-refractivity contribution in [3.05, 3.63) is 35.9 Å². The van der Waals surface area contributed by atoms with E-state index in [9.17, 15) is 4.79 Å². The topological polar surface area (TPSA) is 32.8 Å². The van der Waals surface area contributed by atoms with Crippen molar-refractivity contribution in [1.29, 1.82) is 0 Å². The van der Waals surface area contributed by atoms with Gasteiger partial charge in [0.25, 0.3) is 0 Å². The van der Waals surface area contributed by atoms with Gasteiger partial charge in [0.2, 0.25) is 0 Å². The molecule has 1 saturated heterocycles. The highest BCUT2D eigenvalue weighted by atomic mass is 16.5. The summed E-state index contributed by atoms with van der Waals surface area (Å²) in [6.45, 7) is 7.53. The van der Waals surface area contributed by atoms with Crippen LogP contribution in [0.5, 0.6) is 0 Å². The number of nitrogens with zero attached hydrogens (tertiary/aromatic N) is 2. The van der Waals surface area contributed by atoms with Gasteiger partial charge in [-0.2, -0.15) is 0 Å². The molecular weight excluding hydrogens is 276 g/mol. The average Bonchev–Trinajstić information content (AvgIpc) is 3.37. The number of hydrogen-bond acceptors (Lipinski definition) is 4. The first-order chi connectivity index (χ1) is 10.7. The van der Waals surface area contributed by atoms with E-state index in [2.05, 4.69) is 40.1 Å². The minimum Gasteiger partial charge on any atom is -0.465 e. The van der Waals surface area contributed by atoms with Gasteiger partial charge in [-0.05, 0) is 31.7 Å². The van der Waals surface area contributed by atoms with Crippen molar-refractivity contribution >= 4 is 5.97 Å². The van der Waals surface area contributed by atoms with Gasteiger partial charge in [-0.1, -0.05) is 30.3 Å². The van der Waals surface area contributed by atoms with E-state index in [1.807, 2.05) is 6.92 Å². The number of esters is 1. The SMILES string of the molecule is CCOC(=O)C1(N2CCN(CCc3ccccc3)CC2)CC1. The predicted molar refractivity (Wildman–Crippen MR) is 86.8 cm³/mol. The van der Waals surface area contributed by atoms with Crippen LogP contribution in [0.4, 0.5) is 0 Å². The molecule has 1 aromatic carbocycles. The normalized spacial score (nSPS) is 21.5. The van der Waals surface area contributed by atoms with Gasteiger partial charge in [0.15, 0.2) is 0 Å². The van der Waals surface area contributed by atoms with E-state index in [1.54, 1.807) is 0 Å². The fourth-order valence-corrected chi connectivity index (χ4v) is 3.36. The van der Waals surface area contributed by atoms with Crippen molar-refractivity contribution in [2.45, 2.75) is 31.7 Å². The van der Waals surface area contributed by atoms with Crippen LogP contribution in [-0.2, 0) is 16.0 Å². The molecule has 0 amide bonds. The number of piperazine rings is 1. The molecule has 1 saturated carbocycles. The molecular formula is C18H26N2O2. The Hall–Kier alpha value is -1.39. The lowest BCUT2D eigenvalue weighted by Gasteiger charge is -2.38. The van der Waals surface area contributed by atoms with Crippen molar-refractivity contribution in [2.24, 2.45) is 0 Å². The van der Waals surface area contributed by atoms with Crippen LogP contribution < -0.4 is 0 Å². The van der Waals surface area contributed by atoms with Gasteiger partial charge in [0.1, 0.15) is 5.54 Å². The average molecular weight is 302 g/mol. The summed E-state index contributed by atoms with van der Waals surface area (Å²) < 4.78 is 5.26. The van der Waals surface area contributed by atoms with Crippen LogP contribution in [0.3, 0.4) is 0 Å². The van der Waals surface area contributed by atoms with Crippen LogP contribution >= 0.6 is 0 Å². The zero-order chi connectivity index (χ0) is 15.4. The second kappa shape index (κ2) is 6.80. The second-order valence-corrected chi connectivity index (χ2v) is 6.32. The smallest absolute Gasteiger partial charge is 0.326 e. The van der Waals surface area contributed by atoms with E-state index in [1.165, 1.54) is 5.56 Å². The summed E-state index contributed by atoms with van der Waals surface area (Å²) in [5.74, 6) is -0.00673. The third-order valence-electron chi connectivity index (χ3n) is 4.92. The van der Waals surface area contributed by atoms with Gasteiger partial charge in [-0.3, -0.25) is 9.69 Å². The number of carbonyl (C=O) groups is 1. The third kappa shape index (κ3) is 3.33. The van der Waals surface area contributed by atoms with Crippen LogP contribution in [0.15, 0.2) is 30.3 Å². The van der Waals surface area contributed by atoms with Crippen molar-refractivity contribution in [3.63, 3.8) is 0 Å². The highest BCUT2D eigenvalue weighted by Crippen LogP contribution is 2.43. The molecule has 0 unspecified atom stereocenters. The van der Waals surface area contributed by atoms with E-state index in [-0.39, 0.29) is 11.5 Å². The second-order valence-electron chi connectivity index (χ2n) is 6.32. The number of ether oxygens (including phenoxy) is 1. The third-order valence-corrected chi connectivity index (χ3v) is 4.92. The van der Waals surface area contributed by atoms with E-state index >= 15 is 0 Å². The van der Waals surface area contributed by atoms with E-state index in [4.69, 9.17) is 4.74 Å². The summed E-state index contributed by atoms with van der Waals surface area (Å²) in [6.07, 6.45) is 3.04. The molecule has 3 rings (SSSR count). The Morgan fingerprint density at radius 2 is 1.82 bits per heavy atom. The molecule has 1 aliphatic carbocycles. The van der Waals surface area contributed by atoms with E-state index < -0.39 is 0 Å². The molecule has 1 aromatic rings. The first kappa shape index (κ1) is 15.5. The van der Waals surface area contributed by atoms with Crippen LogP contribution in [0.25, 0.3) is 0 Å². The molecule has 4 heteroatoms. The van der Waals surface area contributed by atoms with E-state index in [0.29, 0.717) is 6.61 Å². The monoisotopic (exact) mass is 302 g/mol. The summed E-state index contributed by atoms with van der Waals surface area (Å²) in [6, 6.07) is 10.6. The molecule has 120 valence electrons. The van der Waals surface area contributed by atoms with Gasteiger partial charge < -0.3 is 9.64 Å². The fraction of sp³-hybridized carbons (Fsp3) is 0.611. The molecule has 4 nitrogen and oxygen atoms in total. The summed E-state index contributed by atoms with van der Waals surface area (Å²) in [4.78, 5) is 17.0. The number of rotatable bonds is 6. The Labute approximate surface area is 133 Å². The zero-order valence-corrected chi connectivity index (χ0v) is 13.5. The lowest BCUT2D eigenvalue weighted by Crippen LogP contribution is -2.54. The van der Waals surface area contributed by atoms with Gasteiger partial charge in [0.05, 0.1) is 6.61 Å². The fourth-order valence-electron chi connectivity index (χ4n) is 3.36. The predicted octanol–water partition coefficient (Wildman–Crippen LogP) is 1.94. The number of benzene rings is 1. The van der Waals surface area contributed by atoms with Crippen LogP contribution in [0.1, 0.15) is 25.3 Å². The first-order valence-corrected chi connectivity index (χ1v) is 8.43. The molecule has 0 atom stereocenters. The highest BCUT2D eigenvalue weighted by Gasteiger charge is 2.56. The van der Waals surface area contributed by atoms with Gasteiger partial charge >= 0.3 is 5.97 Å². The Bertz CT molecular complexity index is 491. The summed E-state index contributed by atoms with van der Waals surface area (Å²) in [7, 11) is 0. The quantitative estimate of drug-likeness (QED) is 0.752. The molecule has 2 aliphatic rings. The Kier molecular flexibility index (Phi) is 4.79. The van der Waals surface area contributed by atoms with Gasteiger partial charge in [-0.15, -0.1) is 0 Å². The molecule has 2 fully saturated rings. The van der Waals surface area contributed by atoms with Crippen LogP contribution in [0, 0.1) is 0 Å². The van der Waals surface area contributed by atoms with E-state index in [0.717, 1.165) is 52.0 Å². The lowest BCUT2D eigenvalue weighted by molar-refractivity contribution is -0.152. The maximum atomic E-state index is 12.1. The maximum absolute atomic E-state index is 12.1. The molecule has 0 N–H and O–H groups in total. The lowest BCUT2D eigenvalue weighted by atomic mass is 10.1. The summed E-state index contributed by atoms with van der Waals surface area (Å²) in [5.41, 5.74) is 1.12. The molecule has 0 spiro atoms. The largest absolute Gasteiger partial charge is 0.465 e. The van der Waals surface area contributed by atoms with Gasteiger partial charge in [-0.25, -0.2) is 0 Å². The minimum absolute atomic E-state index is 0.00673. The summed E-state index contributed by atoms with van der Waals surface area (Å²) >= 11 is 0. The standard InChI is InChI=1S/C18H26N2O2/c1-2-22-17(21)18(9-10-18)20-14-12-19(13-15-20)11-8-16-6-4-3-5-7-16/h3-7H,2,8-15H2,1H3. The zero-order valence-electron chi connectivity index (χ0n) is 13.5. The molecule has 0 bridgehead atoms. The first-order valence-electron chi connectivity index (χ1n) is 8.43. The number of hydrogen-bond donors (Lipinski definition) is 0. The molecule has 1 aliphatic heterocycles. The molecule has 1 heterocycles. The van der Waals surface area contributed by atoms with Crippen LogP contribution in [-0.4, -0.2) is 60.6 Å². The Morgan fingerprint density at radius 1 is 1.14 bits per heavy atom. The minimum atomic E-state index is -0.276.